The lowest BCUT2D eigenvalue weighted by atomic mass is 10.0. The molecule has 0 aromatic heterocycles. The van der Waals surface area contributed by atoms with Crippen LogP contribution in [0.3, 0.4) is 0 Å². The Hall–Kier alpha value is -2.26. The Labute approximate surface area is 139 Å². The normalized spacial score (nSPS) is 14.3. The minimum Gasteiger partial charge on any atom is -0.481 e. The van der Waals surface area contributed by atoms with Gasteiger partial charge in [-0.15, -0.1) is 0 Å². The number of alkyl halides is 6. The molecule has 0 bridgehead atoms. The molecular weight excluding hydrogens is 356 g/mol. The first-order chi connectivity index (χ1) is 11.4. The van der Waals surface area contributed by atoms with E-state index in [9.17, 15) is 31.1 Å². The summed E-state index contributed by atoms with van der Waals surface area (Å²) in [7, 11) is 0. The van der Waals surface area contributed by atoms with Crippen molar-refractivity contribution in [1.82, 2.24) is 0 Å². The molecule has 1 heterocycles. The van der Waals surface area contributed by atoms with E-state index in [0.29, 0.717) is 18.6 Å². The molecule has 0 saturated carbocycles. The van der Waals surface area contributed by atoms with E-state index in [4.69, 9.17) is 5.11 Å². The van der Waals surface area contributed by atoms with Crippen molar-refractivity contribution < 1.29 is 41.1 Å². The van der Waals surface area contributed by atoms with Crippen molar-refractivity contribution in [3.05, 3.63) is 34.9 Å². The highest BCUT2D eigenvalue weighted by Gasteiger charge is 2.37. The Bertz CT molecular complexity index is 605. The molecule has 1 aromatic carbocycles. The number of hydrogen-bond acceptors (Lipinski definition) is 3. The van der Waals surface area contributed by atoms with Gasteiger partial charge in [0.1, 0.15) is 6.61 Å². The lowest BCUT2D eigenvalue weighted by Crippen LogP contribution is -2.13. The fraction of sp³-hybridized carbons (Fsp3) is 0.467. The minimum absolute atomic E-state index is 0.0802. The Morgan fingerprint density at radius 3 is 1.92 bits per heavy atom. The predicted octanol–water partition coefficient (Wildman–Crippen LogP) is 4.72. The third kappa shape index (κ3) is 6.63. The number of rotatable bonds is 3. The van der Waals surface area contributed by atoms with Gasteiger partial charge in [0.2, 0.25) is 0 Å². The molecule has 0 fully saturated rings. The second-order valence-corrected chi connectivity index (χ2v) is 5.06. The fourth-order valence-corrected chi connectivity index (χ4v) is 1.84. The molecule has 1 N–H and O–H groups in total. The number of carboxylic acid groups (broad SMARTS) is 1. The van der Waals surface area contributed by atoms with Gasteiger partial charge in [0, 0.05) is 18.4 Å². The number of halogens is 6. The van der Waals surface area contributed by atoms with Gasteiger partial charge in [0.15, 0.2) is 0 Å². The van der Waals surface area contributed by atoms with Crippen LogP contribution >= 0.6 is 0 Å². The molecular formula is C15H15F6NO3. The van der Waals surface area contributed by atoms with Gasteiger partial charge >= 0.3 is 18.3 Å². The topological polar surface area (TPSA) is 58.9 Å². The summed E-state index contributed by atoms with van der Waals surface area (Å²) in [6, 6.07) is 1.37. The van der Waals surface area contributed by atoms with Crippen LogP contribution in [0.15, 0.2) is 23.4 Å². The molecule has 140 valence electrons. The maximum Gasteiger partial charge on any atom is 0.416 e. The molecule has 0 radical (unpaired) electrons. The van der Waals surface area contributed by atoms with Crippen molar-refractivity contribution in [3.63, 3.8) is 0 Å². The number of aliphatic carboxylic acids is 1. The van der Waals surface area contributed by atoms with Crippen LogP contribution in [-0.4, -0.2) is 23.4 Å². The summed E-state index contributed by atoms with van der Waals surface area (Å²) in [5.41, 5.74) is -2.85. The highest BCUT2D eigenvalue weighted by molar-refractivity contribution is 6.01. The average Bonchev–Trinajstić information content (AvgIpc) is 2.99. The standard InChI is InChI=1S/C11H7F6NO.C4H8O2/c12-10(13,14)7-3-6(9-1-2-19-18-9)4-8(5-7)11(15,16)17;1-2-3-4(5)6/h3-5H,1-2H2;2-3H2,1H3,(H,5,6). The molecule has 0 saturated heterocycles. The number of carbonyl (C=O) groups is 1. The van der Waals surface area contributed by atoms with E-state index >= 15 is 0 Å². The average molecular weight is 371 g/mol. The Morgan fingerprint density at radius 2 is 1.64 bits per heavy atom. The van der Waals surface area contributed by atoms with Crippen LogP contribution in [0.2, 0.25) is 0 Å². The molecule has 2 rings (SSSR count). The molecule has 4 nitrogen and oxygen atoms in total. The summed E-state index contributed by atoms with van der Waals surface area (Å²) >= 11 is 0. The zero-order valence-electron chi connectivity index (χ0n) is 13.0. The van der Waals surface area contributed by atoms with E-state index in [0.717, 1.165) is 6.42 Å². The second-order valence-electron chi connectivity index (χ2n) is 5.06. The highest BCUT2D eigenvalue weighted by Crippen LogP contribution is 2.36. The quantitative estimate of drug-likeness (QED) is 0.783. The Balaban J connectivity index is 0.000000450. The molecule has 1 aliphatic heterocycles. The largest absolute Gasteiger partial charge is 0.481 e. The maximum atomic E-state index is 12.6. The summed E-state index contributed by atoms with van der Waals surface area (Å²) < 4.78 is 75.5. The van der Waals surface area contributed by atoms with Gasteiger partial charge in [-0.25, -0.2) is 0 Å². The van der Waals surface area contributed by atoms with Crippen LogP contribution in [0.25, 0.3) is 0 Å². The lowest BCUT2D eigenvalue weighted by Gasteiger charge is -2.13. The van der Waals surface area contributed by atoms with Crippen LogP contribution in [-0.2, 0) is 22.0 Å². The molecule has 0 amide bonds. The molecule has 25 heavy (non-hydrogen) atoms. The first-order valence-electron chi connectivity index (χ1n) is 7.15. The van der Waals surface area contributed by atoms with Crippen LogP contribution in [0.4, 0.5) is 26.3 Å². The zero-order chi connectivity index (χ0) is 19.3. The van der Waals surface area contributed by atoms with Crippen LogP contribution in [0.1, 0.15) is 42.9 Å². The fourth-order valence-electron chi connectivity index (χ4n) is 1.84. The van der Waals surface area contributed by atoms with E-state index in [-0.39, 0.29) is 30.4 Å². The van der Waals surface area contributed by atoms with E-state index in [1.807, 2.05) is 6.92 Å². The minimum atomic E-state index is -4.85. The monoisotopic (exact) mass is 371 g/mol. The van der Waals surface area contributed by atoms with E-state index < -0.39 is 29.4 Å². The third-order valence-corrected chi connectivity index (χ3v) is 2.99. The van der Waals surface area contributed by atoms with E-state index in [1.54, 1.807) is 0 Å². The van der Waals surface area contributed by atoms with E-state index in [1.165, 1.54) is 0 Å². The van der Waals surface area contributed by atoms with Crippen LogP contribution in [0, 0.1) is 0 Å². The first kappa shape index (κ1) is 20.8. The molecule has 0 aliphatic carbocycles. The first-order valence-corrected chi connectivity index (χ1v) is 7.15. The highest BCUT2D eigenvalue weighted by atomic mass is 19.4. The Kier molecular flexibility index (Phi) is 6.83. The predicted molar refractivity (Wildman–Crippen MR) is 76.1 cm³/mol. The number of benzene rings is 1. The van der Waals surface area contributed by atoms with Crippen molar-refractivity contribution in [2.75, 3.05) is 6.61 Å². The Morgan fingerprint density at radius 1 is 1.12 bits per heavy atom. The van der Waals surface area contributed by atoms with Gasteiger partial charge in [0.25, 0.3) is 0 Å². The number of hydrogen-bond donors (Lipinski definition) is 1. The second kappa shape index (κ2) is 8.21. The molecule has 0 atom stereocenters. The molecule has 1 aromatic rings. The zero-order valence-corrected chi connectivity index (χ0v) is 13.0. The van der Waals surface area contributed by atoms with Gasteiger partial charge in [0.05, 0.1) is 16.8 Å². The summed E-state index contributed by atoms with van der Waals surface area (Å²) in [5, 5.41) is 11.3. The van der Waals surface area contributed by atoms with Crippen LogP contribution < -0.4 is 0 Å². The van der Waals surface area contributed by atoms with Crippen molar-refractivity contribution in [2.24, 2.45) is 5.16 Å². The van der Waals surface area contributed by atoms with Crippen LogP contribution in [0.5, 0.6) is 0 Å². The lowest BCUT2D eigenvalue weighted by molar-refractivity contribution is -0.143. The smallest absolute Gasteiger partial charge is 0.416 e. The van der Waals surface area contributed by atoms with E-state index in [2.05, 4.69) is 9.99 Å². The van der Waals surface area contributed by atoms with Gasteiger partial charge in [-0.2, -0.15) is 26.3 Å². The molecule has 10 heteroatoms. The maximum absolute atomic E-state index is 12.6. The SMILES string of the molecule is CCCC(=O)O.FC(F)(F)c1cc(C2=NOCC2)cc(C(F)(F)F)c1. The van der Waals surface area contributed by atoms with Gasteiger partial charge in [-0.3, -0.25) is 4.79 Å². The molecule has 0 unspecified atom stereocenters. The van der Waals surface area contributed by atoms with Crippen molar-refractivity contribution in [3.8, 4) is 0 Å². The van der Waals surface area contributed by atoms with Crippen molar-refractivity contribution in [2.45, 2.75) is 38.5 Å². The number of oxime groups is 1. The molecule has 1 aliphatic rings. The summed E-state index contributed by atoms with van der Waals surface area (Å²) in [5.74, 6) is -0.711. The van der Waals surface area contributed by atoms with Crippen molar-refractivity contribution in [1.29, 1.82) is 0 Å². The summed E-state index contributed by atoms with van der Waals surface area (Å²) in [4.78, 5) is 14.2. The van der Waals surface area contributed by atoms with Gasteiger partial charge < -0.3 is 9.94 Å². The third-order valence-electron chi connectivity index (χ3n) is 2.99. The summed E-state index contributed by atoms with van der Waals surface area (Å²) in [6.45, 7) is 1.99. The summed E-state index contributed by atoms with van der Waals surface area (Å²) in [6.07, 6.45) is -8.50. The molecule has 0 spiro atoms. The number of carboxylic acids is 1. The van der Waals surface area contributed by atoms with Gasteiger partial charge in [-0.1, -0.05) is 12.1 Å². The van der Waals surface area contributed by atoms with Crippen molar-refractivity contribution >= 4 is 11.7 Å². The van der Waals surface area contributed by atoms with Gasteiger partial charge in [-0.05, 0) is 24.6 Å². The number of nitrogens with zero attached hydrogens (tertiary/aromatic N) is 1.